The topological polar surface area (TPSA) is 26.3 Å². The molecule has 0 unspecified atom stereocenters. The molecule has 0 spiro atoms. The first-order valence-electron chi connectivity index (χ1n) is 4.99. The lowest BCUT2D eigenvalue weighted by Crippen LogP contribution is -2.12. The molecule has 1 aromatic carbocycles. The summed E-state index contributed by atoms with van der Waals surface area (Å²) in [4.78, 5) is 11.5. The van der Waals surface area contributed by atoms with Crippen LogP contribution in [-0.2, 0) is 4.79 Å². The molecular formula is C12H14O2. The molecule has 1 aliphatic heterocycles. The number of ether oxygens (including phenoxy) is 1. The number of carbonyl (C=O) groups is 1. The highest BCUT2D eigenvalue weighted by Gasteiger charge is 2.32. The Labute approximate surface area is 83.9 Å². The fourth-order valence-corrected chi connectivity index (χ4v) is 1.86. The minimum atomic E-state index is -0.0973. The van der Waals surface area contributed by atoms with E-state index in [2.05, 4.69) is 13.8 Å². The van der Waals surface area contributed by atoms with Gasteiger partial charge in [0, 0.05) is 5.56 Å². The molecule has 2 rings (SSSR count). The lowest BCUT2D eigenvalue weighted by Gasteiger charge is -2.09. The predicted octanol–water partition coefficient (Wildman–Crippen LogP) is 2.74. The van der Waals surface area contributed by atoms with E-state index in [9.17, 15) is 4.79 Å². The fraction of sp³-hybridized carbons (Fsp3) is 0.417. The second-order valence-corrected chi connectivity index (χ2v) is 4.14. The summed E-state index contributed by atoms with van der Waals surface area (Å²) in [6, 6.07) is 7.68. The Bertz CT molecular complexity index is 355. The van der Waals surface area contributed by atoms with Gasteiger partial charge in [0.2, 0.25) is 0 Å². The summed E-state index contributed by atoms with van der Waals surface area (Å²) in [7, 11) is 0. The van der Waals surface area contributed by atoms with Crippen molar-refractivity contribution in [2.75, 3.05) is 0 Å². The molecule has 1 atom stereocenters. The molecule has 2 nitrogen and oxygen atoms in total. The highest BCUT2D eigenvalue weighted by molar-refractivity contribution is 5.85. The molecule has 1 aromatic rings. The Morgan fingerprint density at radius 2 is 2.07 bits per heavy atom. The van der Waals surface area contributed by atoms with E-state index < -0.39 is 0 Å². The average Bonchev–Trinajstić information content (AvgIpc) is 2.43. The van der Waals surface area contributed by atoms with E-state index in [1.165, 1.54) is 0 Å². The second kappa shape index (κ2) is 3.45. The summed E-state index contributed by atoms with van der Waals surface area (Å²) in [6.45, 7) is 4.24. The van der Waals surface area contributed by atoms with E-state index in [1.54, 1.807) is 0 Å². The van der Waals surface area contributed by atoms with Crippen molar-refractivity contribution in [1.82, 2.24) is 0 Å². The highest BCUT2D eigenvalue weighted by Crippen LogP contribution is 2.37. The minimum Gasteiger partial charge on any atom is -0.426 e. The van der Waals surface area contributed by atoms with Gasteiger partial charge in [-0.2, -0.15) is 0 Å². The first-order valence-corrected chi connectivity index (χ1v) is 4.99. The Morgan fingerprint density at radius 1 is 1.36 bits per heavy atom. The summed E-state index contributed by atoms with van der Waals surface area (Å²) in [5, 5.41) is 0. The van der Waals surface area contributed by atoms with Gasteiger partial charge in [0.15, 0.2) is 0 Å². The molecule has 1 heterocycles. The van der Waals surface area contributed by atoms with Gasteiger partial charge in [0.25, 0.3) is 0 Å². The monoisotopic (exact) mass is 190 g/mol. The van der Waals surface area contributed by atoms with Gasteiger partial charge < -0.3 is 4.74 Å². The Kier molecular flexibility index (Phi) is 2.28. The zero-order valence-electron chi connectivity index (χ0n) is 8.49. The molecule has 0 saturated carbocycles. The molecule has 0 saturated heterocycles. The van der Waals surface area contributed by atoms with Gasteiger partial charge in [-0.15, -0.1) is 0 Å². The first-order chi connectivity index (χ1) is 6.68. The van der Waals surface area contributed by atoms with E-state index in [-0.39, 0.29) is 11.9 Å². The van der Waals surface area contributed by atoms with Crippen LogP contribution in [0.25, 0.3) is 0 Å². The van der Waals surface area contributed by atoms with Crippen molar-refractivity contribution in [3.63, 3.8) is 0 Å². The van der Waals surface area contributed by atoms with Crippen LogP contribution in [0.15, 0.2) is 24.3 Å². The number of para-hydroxylation sites is 1. The van der Waals surface area contributed by atoms with Gasteiger partial charge in [-0.1, -0.05) is 32.0 Å². The number of benzene rings is 1. The molecule has 1 aliphatic rings. The molecule has 0 bridgehead atoms. The summed E-state index contributed by atoms with van der Waals surface area (Å²) >= 11 is 0. The van der Waals surface area contributed by atoms with E-state index in [0.29, 0.717) is 5.92 Å². The first kappa shape index (κ1) is 9.25. The number of rotatable bonds is 2. The van der Waals surface area contributed by atoms with Gasteiger partial charge in [-0.25, -0.2) is 0 Å². The quantitative estimate of drug-likeness (QED) is 0.529. The standard InChI is InChI=1S/C12H14O2/c1-8(2)7-10-9-5-3-4-6-11(9)14-12(10)13/h3-6,8,10H,7H2,1-2H3/t10-/m0/s1. The molecular weight excluding hydrogens is 176 g/mol. The van der Waals surface area contributed by atoms with E-state index >= 15 is 0 Å². The van der Waals surface area contributed by atoms with Crippen molar-refractivity contribution >= 4 is 5.97 Å². The maximum atomic E-state index is 11.5. The van der Waals surface area contributed by atoms with Crippen molar-refractivity contribution in [1.29, 1.82) is 0 Å². The third kappa shape index (κ3) is 1.52. The smallest absolute Gasteiger partial charge is 0.318 e. The Hall–Kier alpha value is -1.31. The number of fused-ring (bicyclic) bond motifs is 1. The number of carbonyl (C=O) groups excluding carboxylic acids is 1. The normalized spacial score (nSPS) is 19.6. The zero-order chi connectivity index (χ0) is 10.1. The van der Waals surface area contributed by atoms with Crippen LogP contribution in [0.1, 0.15) is 31.7 Å². The van der Waals surface area contributed by atoms with Gasteiger partial charge in [0.1, 0.15) is 5.75 Å². The van der Waals surface area contributed by atoms with Crippen LogP contribution in [0.3, 0.4) is 0 Å². The molecule has 2 heteroatoms. The molecule has 0 aromatic heterocycles. The maximum Gasteiger partial charge on any atom is 0.318 e. The molecule has 14 heavy (non-hydrogen) atoms. The third-order valence-electron chi connectivity index (χ3n) is 2.50. The van der Waals surface area contributed by atoms with Crippen molar-refractivity contribution in [2.24, 2.45) is 5.92 Å². The molecule has 0 aliphatic carbocycles. The van der Waals surface area contributed by atoms with Gasteiger partial charge in [-0.3, -0.25) is 4.79 Å². The largest absolute Gasteiger partial charge is 0.426 e. The lowest BCUT2D eigenvalue weighted by atomic mass is 9.92. The molecule has 74 valence electrons. The highest BCUT2D eigenvalue weighted by atomic mass is 16.5. The molecule has 0 N–H and O–H groups in total. The van der Waals surface area contributed by atoms with Gasteiger partial charge in [-0.05, 0) is 18.4 Å². The van der Waals surface area contributed by atoms with Crippen LogP contribution in [0.4, 0.5) is 0 Å². The number of hydrogen-bond donors (Lipinski definition) is 0. The summed E-state index contributed by atoms with van der Waals surface area (Å²) in [5.41, 5.74) is 1.05. The van der Waals surface area contributed by atoms with E-state index in [4.69, 9.17) is 4.74 Å². The van der Waals surface area contributed by atoms with E-state index in [0.717, 1.165) is 17.7 Å². The molecule has 0 amide bonds. The van der Waals surface area contributed by atoms with Crippen LogP contribution in [0.5, 0.6) is 5.75 Å². The van der Waals surface area contributed by atoms with Crippen molar-refractivity contribution in [3.05, 3.63) is 29.8 Å². The van der Waals surface area contributed by atoms with Crippen molar-refractivity contribution in [3.8, 4) is 5.75 Å². The van der Waals surface area contributed by atoms with Crippen LogP contribution < -0.4 is 4.74 Å². The van der Waals surface area contributed by atoms with E-state index in [1.807, 2.05) is 24.3 Å². The van der Waals surface area contributed by atoms with Crippen LogP contribution in [0, 0.1) is 5.92 Å². The van der Waals surface area contributed by atoms with Crippen molar-refractivity contribution in [2.45, 2.75) is 26.2 Å². The van der Waals surface area contributed by atoms with Crippen LogP contribution >= 0.6 is 0 Å². The number of esters is 1. The maximum absolute atomic E-state index is 11.5. The van der Waals surface area contributed by atoms with Crippen LogP contribution in [-0.4, -0.2) is 5.97 Å². The predicted molar refractivity (Wildman–Crippen MR) is 54.3 cm³/mol. The molecule has 0 fully saturated rings. The summed E-state index contributed by atoms with van der Waals surface area (Å²) < 4.78 is 5.18. The second-order valence-electron chi connectivity index (χ2n) is 4.14. The van der Waals surface area contributed by atoms with Gasteiger partial charge in [0.05, 0.1) is 5.92 Å². The SMILES string of the molecule is CC(C)C[C@@H]1C(=O)Oc2ccccc21. The zero-order valence-corrected chi connectivity index (χ0v) is 8.49. The van der Waals surface area contributed by atoms with Gasteiger partial charge >= 0.3 is 5.97 Å². The summed E-state index contributed by atoms with van der Waals surface area (Å²) in [5.74, 6) is 1.10. The third-order valence-corrected chi connectivity index (χ3v) is 2.50. The lowest BCUT2D eigenvalue weighted by molar-refractivity contribution is -0.134. The number of hydrogen-bond acceptors (Lipinski definition) is 2. The Balaban J connectivity index is 2.30. The summed E-state index contributed by atoms with van der Waals surface area (Å²) in [6.07, 6.45) is 0.871. The molecule has 0 radical (unpaired) electrons. The van der Waals surface area contributed by atoms with Crippen LogP contribution in [0.2, 0.25) is 0 Å². The Morgan fingerprint density at radius 3 is 2.79 bits per heavy atom. The average molecular weight is 190 g/mol. The fourth-order valence-electron chi connectivity index (χ4n) is 1.86. The van der Waals surface area contributed by atoms with Crippen molar-refractivity contribution < 1.29 is 9.53 Å². The minimum absolute atomic E-state index is 0.0498.